The minimum atomic E-state index is 0.00831. The molecule has 1 aromatic rings. The molecule has 0 unspecified atom stereocenters. The van der Waals surface area contributed by atoms with Crippen LogP contribution in [0.2, 0.25) is 5.02 Å². The SMILES string of the molecule is N#CCN1CCN(C(=O)c2ccc(Cl)c(Br)c2)CC1. The molecule has 0 radical (unpaired) electrons. The lowest BCUT2D eigenvalue weighted by atomic mass is 10.2. The minimum absolute atomic E-state index is 0.00831. The Balaban J connectivity index is 2.01. The molecule has 100 valence electrons. The molecule has 0 aliphatic carbocycles. The van der Waals surface area contributed by atoms with Gasteiger partial charge in [0, 0.05) is 36.2 Å². The third kappa shape index (κ3) is 3.47. The maximum atomic E-state index is 12.3. The minimum Gasteiger partial charge on any atom is -0.336 e. The molecule has 1 saturated heterocycles. The zero-order chi connectivity index (χ0) is 13.8. The number of halogens is 2. The van der Waals surface area contributed by atoms with E-state index in [1.165, 1.54) is 0 Å². The quantitative estimate of drug-likeness (QED) is 0.775. The predicted molar refractivity (Wildman–Crippen MR) is 77.1 cm³/mol. The van der Waals surface area contributed by atoms with Crippen LogP contribution < -0.4 is 0 Å². The van der Waals surface area contributed by atoms with Gasteiger partial charge in [0.2, 0.25) is 0 Å². The van der Waals surface area contributed by atoms with Crippen LogP contribution in [0.3, 0.4) is 0 Å². The highest BCUT2D eigenvalue weighted by molar-refractivity contribution is 9.10. The summed E-state index contributed by atoms with van der Waals surface area (Å²) in [4.78, 5) is 16.2. The standard InChI is InChI=1S/C13H13BrClN3O/c14-11-9-10(1-2-12(11)15)13(19)18-7-5-17(4-3-16)6-8-18/h1-2,9H,4-8H2. The van der Waals surface area contributed by atoms with Gasteiger partial charge in [0.25, 0.3) is 5.91 Å². The van der Waals surface area contributed by atoms with Crippen molar-refractivity contribution < 1.29 is 4.79 Å². The maximum absolute atomic E-state index is 12.3. The Labute approximate surface area is 125 Å². The number of nitriles is 1. The fourth-order valence-corrected chi connectivity index (χ4v) is 2.52. The first-order valence-corrected chi connectivity index (χ1v) is 7.12. The molecule has 1 fully saturated rings. The van der Waals surface area contributed by atoms with Gasteiger partial charge in [-0.05, 0) is 34.1 Å². The van der Waals surface area contributed by atoms with Crippen LogP contribution in [0, 0.1) is 11.3 Å². The molecule has 0 N–H and O–H groups in total. The lowest BCUT2D eigenvalue weighted by molar-refractivity contribution is 0.0651. The molecule has 0 spiro atoms. The van der Waals surface area contributed by atoms with Crippen LogP contribution in [0.5, 0.6) is 0 Å². The van der Waals surface area contributed by atoms with Crippen LogP contribution in [-0.4, -0.2) is 48.4 Å². The summed E-state index contributed by atoms with van der Waals surface area (Å²) in [6, 6.07) is 7.32. The molecule has 19 heavy (non-hydrogen) atoms. The molecular weight excluding hydrogens is 330 g/mol. The van der Waals surface area contributed by atoms with Gasteiger partial charge < -0.3 is 4.90 Å². The third-order valence-corrected chi connectivity index (χ3v) is 4.33. The van der Waals surface area contributed by atoms with Gasteiger partial charge in [-0.15, -0.1) is 0 Å². The highest BCUT2D eigenvalue weighted by Crippen LogP contribution is 2.24. The number of carbonyl (C=O) groups excluding carboxylic acids is 1. The highest BCUT2D eigenvalue weighted by Gasteiger charge is 2.22. The number of hydrogen-bond acceptors (Lipinski definition) is 3. The van der Waals surface area contributed by atoms with Crippen molar-refractivity contribution in [3.63, 3.8) is 0 Å². The molecule has 6 heteroatoms. The molecule has 1 aliphatic rings. The van der Waals surface area contributed by atoms with Crippen LogP contribution in [0.1, 0.15) is 10.4 Å². The number of carbonyl (C=O) groups is 1. The van der Waals surface area contributed by atoms with Gasteiger partial charge in [0.15, 0.2) is 0 Å². The zero-order valence-corrected chi connectivity index (χ0v) is 12.6. The highest BCUT2D eigenvalue weighted by atomic mass is 79.9. The second kappa shape index (κ2) is 6.38. The van der Waals surface area contributed by atoms with Crippen LogP contribution in [0.4, 0.5) is 0 Å². The average molecular weight is 343 g/mol. The van der Waals surface area contributed by atoms with Crippen molar-refractivity contribution in [1.29, 1.82) is 5.26 Å². The molecular formula is C13H13BrClN3O. The Morgan fingerprint density at radius 2 is 2.05 bits per heavy atom. The van der Waals surface area contributed by atoms with E-state index >= 15 is 0 Å². The van der Waals surface area contributed by atoms with Crippen molar-refractivity contribution in [2.45, 2.75) is 0 Å². The van der Waals surface area contributed by atoms with Crippen LogP contribution in [-0.2, 0) is 0 Å². The van der Waals surface area contributed by atoms with Gasteiger partial charge in [-0.3, -0.25) is 9.69 Å². The first kappa shape index (κ1) is 14.3. The van der Waals surface area contributed by atoms with Crippen molar-refractivity contribution in [1.82, 2.24) is 9.80 Å². The zero-order valence-electron chi connectivity index (χ0n) is 10.3. The van der Waals surface area contributed by atoms with Gasteiger partial charge >= 0.3 is 0 Å². The number of benzene rings is 1. The van der Waals surface area contributed by atoms with E-state index in [0.29, 0.717) is 30.2 Å². The first-order valence-electron chi connectivity index (χ1n) is 5.95. The van der Waals surface area contributed by atoms with Gasteiger partial charge in [-0.1, -0.05) is 11.6 Å². The van der Waals surface area contributed by atoms with E-state index in [1.807, 2.05) is 9.80 Å². The van der Waals surface area contributed by atoms with E-state index < -0.39 is 0 Å². The van der Waals surface area contributed by atoms with Crippen LogP contribution in [0.25, 0.3) is 0 Å². The molecule has 1 heterocycles. The molecule has 0 bridgehead atoms. The van der Waals surface area contributed by atoms with Crippen molar-refractivity contribution >= 4 is 33.4 Å². The number of nitrogens with zero attached hydrogens (tertiary/aromatic N) is 3. The fraction of sp³-hybridized carbons (Fsp3) is 0.385. The molecule has 1 aliphatic heterocycles. The second-order valence-electron chi connectivity index (χ2n) is 4.36. The summed E-state index contributed by atoms with van der Waals surface area (Å²) in [5.74, 6) is 0.00831. The maximum Gasteiger partial charge on any atom is 0.253 e. The Morgan fingerprint density at radius 3 is 2.63 bits per heavy atom. The Hall–Kier alpha value is -1.09. The van der Waals surface area contributed by atoms with Crippen molar-refractivity contribution in [3.8, 4) is 6.07 Å². The summed E-state index contributed by atoms with van der Waals surface area (Å²) in [5.41, 5.74) is 0.630. The molecule has 4 nitrogen and oxygen atoms in total. The van der Waals surface area contributed by atoms with E-state index in [4.69, 9.17) is 16.9 Å². The number of amides is 1. The summed E-state index contributed by atoms with van der Waals surface area (Å²) < 4.78 is 0.725. The van der Waals surface area contributed by atoms with E-state index in [-0.39, 0.29) is 5.91 Å². The monoisotopic (exact) mass is 341 g/mol. The summed E-state index contributed by atoms with van der Waals surface area (Å²) >= 11 is 9.24. The summed E-state index contributed by atoms with van der Waals surface area (Å²) in [5, 5.41) is 9.23. The van der Waals surface area contributed by atoms with E-state index in [0.717, 1.165) is 17.6 Å². The fourth-order valence-electron chi connectivity index (χ4n) is 2.02. The average Bonchev–Trinajstić information content (AvgIpc) is 2.42. The lowest BCUT2D eigenvalue weighted by Crippen LogP contribution is -2.48. The number of rotatable bonds is 2. The Morgan fingerprint density at radius 1 is 1.37 bits per heavy atom. The molecule has 1 amide bonds. The molecule has 1 aromatic carbocycles. The largest absolute Gasteiger partial charge is 0.336 e. The van der Waals surface area contributed by atoms with E-state index in [1.54, 1.807) is 18.2 Å². The summed E-state index contributed by atoms with van der Waals surface area (Å²) in [6.07, 6.45) is 0. The van der Waals surface area contributed by atoms with Gasteiger partial charge in [0.05, 0.1) is 17.6 Å². The van der Waals surface area contributed by atoms with Crippen molar-refractivity contribution in [2.75, 3.05) is 32.7 Å². The molecule has 0 aromatic heterocycles. The van der Waals surface area contributed by atoms with E-state index in [2.05, 4.69) is 22.0 Å². The second-order valence-corrected chi connectivity index (χ2v) is 5.62. The summed E-state index contributed by atoms with van der Waals surface area (Å²) in [7, 11) is 0. The molecule has 0 saturated carbocycles. The van der Waals surface area contributed by atoms with Crippen LogP contribution >= 0.6 is 27.5 Å². The normalized spacial score (nSPS) is 16.2. The van der Waals surface area contributed by atoms with Crippen molar-refractivity contribution in [2.24, 2.45) is 0 Å². The molecule has 2 rings (SSSR count). The lowest BCUT2D eigenvalue weighted by Gasteiger charge is -2.33. The van der Waals surface area contributed by atoms with Gasteiger partial charge in [0.1, 0.15) is 0 Å². The number of hydrogen-bond donors (Lipinski definition) is 0. The van der Waals surface area contributed by atoms with Crippen molar-refractivity contribution in [3.05, 3.63) is 33.3 Å². The number of piperazine rings is 1. The summed E-state index contributed by atoms with van der Waals surface area (Å²) in [6.45, 7) is 3.22. The third-order valence-electron chi connectivity index (χ3n) is 3.12. The van der Waals surface area contributed by atoms with Gasteiger partial charge in [-0.2, -0.15) is 5.26 Å². The topological polar surface area (TPSA) is 47.3 Å². The first-order chi connectivity index (χ1) is 9.11. The Bertz CT molecular complexity index is 521. The molecule has 0 atom stereocenters. The van der Waals surface area contributed by atoms with E-state index in [9.17, 15) is 4.79 Å². The van der Waals surface area contributed by atoms with Gasteiger partial charge in [-0.25, -0.2) is 0 Å². The predicted octanol–water partition coefficient (Wildman–Crippen LogP) is 2.38. The smallest absolute Gasteiger partial charge is 0.253 e. The van der Waals surface area contributed by atoms with Crippen LogP contribution in [0.15, 0.2) is 22.7 Å². The Kier molecular flexibility index (Phi) is 4.81.